The number of hydrogen-bond donors (Lipinski definition) is 2. The maximum Gasteiger partial charge on any atom is 0.325 e. The third-order valence-electron chi connectivity index (χ3n) is 3.53. The van der Waals surface area contributed by atoms with Crippen molar-refractivity contribution in [2.45, 2.75) is 43.0 Å². The lowest BCUT2D eigenvalue weighted by Gasteiger charge is -2.29. The normalized spacial score (nSPS) is 17.8. The van der Waals surface area contributed by atoms with E-state index >= 15 is 0 Å². The van der Waals surface area contributed by atoms with Crippen molar-refractivity contribution < 1.29 is 8.42 Å². The van der Waals surface area contributed by atoms with Gasteiger partial charge >= 0.3 is 5.69 Å². The fourth-order valence-corrected chi connectivity index (χ4v) is 3.79. The predicted octanol–water partition coefficient (Wildman–Crippen LogP) is 0.0164. The molecule has 0 atom stereocenters. The molecule has 0 unspecified atom stereocenters. The van der Waals surface area contributed by atoms with E-state index in [2.05, 4.69) is 4.98 Å². The molecule has 7 nitrogen and oxygen atoms in total. The van der Waals surface area contributed by atoms with Crippen LogP contribution >= 0.6 is 0 Å². The van der Waals surface area contributed by atoms with Crippen molar-refractivity contribution in [2.24, 2.45) is 0 Å². The summed E-state index contributed by atoms with van der Waals surface area (Å²) in [5.41, 5.74) is -1.60. The molecule has 106 valence electrons. The fraction of sp³-hybridized carbons (Fsp3) is 0.636. The molecular formula is C11H17N3O4S. The predicted molar refractivity (Wildman–Crippen MR) is 69.5 cm³/mol. The van der Waals surface area contributed by atoms with Crippen LogP contribution in [0.1, 0.15) is 32.1 Å². The topological polar surface area (TPSA) is 103 Å². The van der Waals surface area contributed by atoms with Gasteiger partial charge in [0.05, 0.1) is 0 Å². The number of hydrogen-bond acceptors (Lipinski definition) is 4. The Morgan fingerprint density at radius 1 is 1.21 bits per heavy atom. The number of aromatic nitrogens is 2. The van der Waals surface area contributed by atoms with Crippen LogP contribution in [0.4, 0.5) is 0 Å². The van der Waals surface area contributed by atoms with Crippen LogP contribution in [0.15, 0.2) is 20.7 Å². The van der Waals surface area contributed by atoms with Crippen molar-refractivity contribution in [2.75, 3.05) is 7.05 Å². The molecule has 1 aliphatic rings. The summed E-state index contributed by atoms with van der Waals surface area (Å²) in [7, 11) is -2.38. The second-order valence-corrected chi connectivity index (χ2v) is 6.72. The minimum absolute atomic E-state index is 0.0786. The minimum Gasteiger partial charge on any atom is -0.313 e. The molecule has 1 aromatic rings. The average Bonchev–Trinajstić information content (AvgIpc) is 2.38. The quantitative estimate of drug-likeness (QED) is 0.817. The number of sulfonamides is 1. The van der Waals surface area contributed by atoms with Crippen LogP contribution in [0.25, 0.3) is 0 Å². The molecule has 0 aliphatic heterocycles. The second-order valence-electron chi connectivity index (χ2n) is 4.75. The Bertz CT molecular complexity index is 655. The smallest absolute Gasteiger partial charge is 0.313 e. The zero-order valence-electron chi connectivity index (χ0n) is 10.7. The van der Waals surface area contributed by atoms with Gasteiger partial charge in [-0.1, -0.05) is 19.3 Å². The molecule has 1 aliphatic carbocycles. The first-order chi connectivity index (χ1) is 8.93. The van der Waals surface area contributed by atoms with Gasteiger partial charge in [-0.15, -0.1) is 0 Å². The first-order valence-electron chi connectivity index (χ1n) is 6.23. The van der Waals surface area contributed by atoms with Gasteiger partial charge in [-0.2, -0.15) is 4.31 Å². The summed E-state index contributed by atoms with van der Waals surface area (Å²) < 4.78 is 25.9. The Morgan fingerprint density at radius 2 is 1.84 bits per heavy atom. The van der Waals surface area contributed by atoms with E-state index in [1.54, 1.807) is 0 Å². The number of rotatable bonds is 3. The van der Waals surface area contributed by atoms with Gasteiger partial charge in [-0.3, -0.25) is 9.78 Å². The van der Waals surface area contributed by atoms with E-state index < -0.39 is 26.2 Å². The summed E-state index contributed by atoms with van der Waals surface area (Å²) in [5.74, 6) is 0. The van der Waals surface area contributed by atoms with Crippen LogP contribution in [-0.4, -0.2) is 35.8 Å². The highest BCUT2D eigenvalue weighted by atomic mass is 32.2. The van der Waals surface area contributed by atoms with E-state index in [4.69, 9.17) is 0 Å². The molecule has 0 bridgehead atoms. The molecule has 2 rings (SSSR count). The zero-order chi connectivity index (χ0) is 14.0. The molecular weight excluding hydrogens is 270 g/mol. The van der Waals surface area contributed by atoms with E-state index in [0.717, 1.165) is 38.3 Å². The summed E-state index contributed by atoms with van der Waals surface area (Å²) in [6.45, 7) is 0. The van der Waals surface area contributed by atoms with Crippen molar-refractivity contribution in [3.8, 4) is 0 Å². The Labute approximate surface area is 110 Å². The van der Waals surface area contributed by atoms with Gasteiger partial charge < -0.3 is 4.98 Å². The van der Waals surface area contributed by atoms with E-state index in [0.29, 0.717) is 0 Å². The van der Waals surface area contributed by atoms with Gasteiger partial charge in [0, 0.05) is 19.3 Å². The average molecular weight is 287 g/mol. The summed E-state index contributed by atoms with van der Waals surface area (Å²) in [6, 6.07) is -0.0786. The van der Waals surface area contributed by atoms with Crippen molar-refractivity contribution in [3.05, 3.63) is 27.0 Å². The Balaban J connectivity index is 2.35. The maximum atomic E-state index is 12.3. The molecule has 0 saturated heterocycles. The molecule has 1 heterocycles. The lowest BCUT2D eigenvalue weighted by atomic mass is 9.96. The largest absolute Gasteiger partial charge is 0.325 e. The lowest BCUT2D eigenvalue weighted by molar-refractivity contribution is 0.285. The van der Waals surface area contributed by atoms with Crippen molar-refractivity contribution in [1.82, 2.24) is 14.3 Å². The number of nitrogens with zero attached hydrogens (tertiary/aromatic N) is 1. The molecule has 0 aromatic carbocycles. The highest BCUT2D eigenvalue weighted by molar-refractivity contribution is 7.89. The van der Waals surface area contributed by atoms with E-state index in [-0.39, 0.29) is 6.04 Å². The standard InChI is InChI=1S/C11H17N3O4S/c1-14(8-5-3-2-4-6-8)19(17,18)9-7-12-11(16)13-10(9)15/h7-8H,2-6H2,1H3,(H2,12,13,15,16). The second kappa shape index (κ2) is 5.30. The summed E-state index contributed by atoms with van der Waals surface area (Å²) in [4.78, 5) is 26.2. The minimum atomic E-state index is -3.87. The van der Waals surface area contributed by atoms with Crippen LogP contribution < -0.4 is 11.2 Å². The maximum absolute atomic E-state index is 12.3. The van der Waals surface area contributed by atoms with Crippen molar-refractivity contribution >= 4 is 10.0 Å². The third kappa shape index (κ3) is 2.79. The van der Waals surface area contributed by atoms with Gasteiger partial charge in [0.1, 0.15) is 0 Å². The lowest BCUT2D eigenvalue weighted by Crippen LogP contribution is -2.41. The van der Waals surface area contributed by atoms with E-state index in [1.165, 1.54) is 11.4 Å². The molecule has 0 radical (unpaired) electrons. The number of H-pyrrole nitrogens is 2. The van der Waals surface area contributed by atoms with E-state index in [9.17, 15) is 18.0 Å². The molecule has 0 spiro atoms. The van der Waals surface area contributed by atoms with Crippen LogP contribution in [0, 0.1) is 0 Å². The summed E-state index contributed by atoms with van der Waals surface area (Å²) >= 11 is 0. The van der Waals surface area contributed by atoms with Crippen LogP contribution in [0.5, 0.6) is 0 Å². The molecule has 0 amide bonds. The highest BCUT2D eigenvalue weighted by Gasteiger charge is 2.31. The van der Waals surface area contributed by atoms with Crippen LogP contribution in [-0.2, 0) is 10.0 Å². The van der Waals surface area contributed by atoms with Crippen molar-refractivity contribution in [3.63, 3.8) is 0 Å². The van der Waals surface area contributed by atoms with Gasteiger partial charge in [-0.25, -0.2) is 13.2 Å². The first-order valence-corrected chi connectivity index (χ1v) is 7.67. The first kappa shape index (κ1) is 14.0. The Hall–Kier alpha value is -1.41. The van der Waals surface area contributed by atoms with Crippen LogP contribution in [0.3, 0.4) is 0 Å². The Kier molecular flexibility index (Phi) is 3.91. The summed E-state index contributed by atoms with van der Waals surface area (Å²) in [5, 5.41) is 0. The number of aromatic amines is 2. The van der Waals surface area contributed by atoms with Gasteiger partial charge in [0.15, 0.2) is 4.90 Å². The van der Waals surface area contributed by atoms with Gasteiger partial charge in [-0.05, 0) is 12.8 Å². The van der Waals surface area contributed by atoms with Crippen molar-refractivity contribution in [1.29, 1.82) is 0 Å². The molecule has 1 aromatic heterocycles. The monoisotopic (exact) mass is 287 g/mol. The molecule has 2 N–H and O–H groups in total. The zero-order valence-corrected chi connectivity index (χ0v) is 11.5. The fourth-order valence-electron chi connectivity index (χ4n) is 2.39. The SMILES string of the molecule is CN(C1CCCCC1)S(=O)(=O)c1c[nH]c(=O)[nH]c1=O. The number of nitrogens with one attached hydrogen (secondary N) is 2. The summed E-state index contributed by atoms with van der Waals surface area (Å²) in [6.07, 6.45) is 5.66. The van der Waals surface area contributed by atoms with Crippen LogP contribution in [0.2, 0.25) is 0 Å². The molecule has 1 fully saturated rings. The Morgan fingerprint density at radius 3 is 2.42 bits per heavy atom. The molecule has 19 heavy (non-hydrogen) atoms. The third-order valence-corrected chi connectivity index (χ3v) is 5.45. The van der Waals surface area contributed by atoms with E-state index in [1.807, 2.05) is 4.98 Å². The van der Waals surface area contributed by atoms with Gasteiger partial charge in [0.2, 0.25) is 10.0 Å². The highest BCUT2D eigenvalue weighted by Crippen LogP contribution is 2.25. The van der Waals surface area contributed by atoms with Gasteiger partial charge in [0.25, 0.3) is 5.56 Å². The molecule has 1 saturated carbocycles. The molecule has 8 heteroatoms.